The van der Waals surface area contributed by atoms with E-state index in [0.29, 0.717) is 0 Å². The van der Waals surface area contributed by atoms with E-state index in [1.54, 1.807) is 0 Å². The van der Waals surface area contributed by atoms with Gasteiger partial charge in [0.2, 0.25) is 0 Å². The molecular formula is C4H4FNOS. The third-order valence-electron chi connectivity index (χ3n) is 0.739. The maximum absolute atomic E-state index is 12.5. The standard InChI is InChI=1S/C4H4FNOS/c5-4(3-7)6-1-2-8-4/h1-3,6H. The molecule has 0 amide bonds. The molecule has 0 fully saturated rings. The number of hydrogen-bond acceptors (Lipinski definition) is 3. The van der Waals surface area contributed by atoms with Crippen molar-refractivity contribution < 1.29 is 9.18 Å². The molecule has 1 heterocycles. The topological polar surface area (TPSA) is 29.1 Å². The van der Waals surface area contributed by atoms with E-state index in [2.05, 4.69) is 5.32 Å². The molecule has 1 aliphatic heterocycles. The summed E-state index contributed by atoms with van der Waals surface area (Å²) in [5.41, 5.74) is 0. The second kappa shape index (κ2) is 1.78. The number of alkyl halides is 1. The zero-order valence-electron chi connectivity index (χ0n) is 3.93. The summed E-state index contributed by atoms with van der Waals surface area (Å²) in [7, 11) is 0. The molecule has 1 N–H and O–H groups in total. The van der Waals surface area contributed by atoms with Crippen LogP contribution in [0.2, 0.25) is 0 Å². The second-order valence-electron chi connectivity index (χ2n) is 1.33. The van der Waals surface area contributed by atoms with Gasteiger partial charge < -0.3 is 5.32 Å². The van der Waals surface area contributed by atoms with Gasteiger partial charge in [-0.2, -0.15) is 4.39 Å². The van der Waals surface area contributed by atoms with E-state index in [1.165, 1.54) is 11.6 Å². The number of thioether (sulfide) groups is 1. The van der Waals surface area contributed by atoms with Gasteiger partial charge in [0, 0.05) is 6.20 Å². The van der Waals surface area contributed by atoms with E-state index in [-0.39, 0.29) is 6.29 Å². The van der Waals surface area contributed by atoms with Gasteiger partial charge in [-0.25, -0.2) is 0 Å². The molecule has 0 aromatic rings. The Morgan fingerprint density at radius 1 is 1.88 bits per heavy atom. The number of carbonyl (C=O) groups is 1. The van der Waals surface area contributed by atoms with E-state index >= 15 is 0 Å². The molecule has 0 saturated carbocycles. The van der Waals surface area contributed by atoms with Gasteiger partial charge in [-0.15, -0.1) is 0 Å². The molecular weight excluding hydrogens is 129 g/mol. The molecule has 1 atom stereocenters. The molecule has 0 bridgehead atoms. The maximum Gasteiger partial charge on any atom is 0.287 e. The zero-order chi connectivity index (χ0) is 6.04. The highest BCUT2D eigenvalue weighted by molar-refractivity contribution is 8.04. The van der Waals surface area contributed by atoms with Gasteiger partial charge in [-0.1, -0.05) is 11.8 Å². The van der Waals surface area contributed by atoms with Crippen molar-refractivity contribution in [1.82, 2.24) is 5.32 Å². The van der Waals surface area contributed by atoms with E-state index in [1.807, 2.05) is 0 Å². The minimum absolute atomic E-state index is 0.234. The van der Waals surface area contributed by atoms with Gasteiger partial charge in [-0.3, -0.25) is 4.79 Å². The van der Waals surface area contributed by atoms with Crippen molar-refractivity contribution in [2.24, 2.45) is 0 Å². The fourth-order valence-electron chi connectivity index (χ4n) is 0.377. The van der Waals surface area contributed by atoms with E-state index < -0.39 is 5.12 Å². The second-order valence-corrected chi connectivity index (χ2v) is 2.43. The lowest BCUT2D eigenvalue weighted by Gasteiger charge is -2.08. The minimum Gasteiger partial charge on any atom is -0.345 e. The van der Waals surface area contributed by atoms with Crippen molar-refractivity contribution >= 4 is 18.0 Å². The van der Waals surface area contributed by atoms with Crippen LogP contribution in [0.3, 0.4) is 0 Å². The summed E-state index contributed by atoms with van der Waals surface area (Å²) in [5, 5.41) is 1.84. The molecule has 0 aromatic carbocycles. The molecule has 1 aliphatic rings. The lowest BCUT2D eigenvalue weighted by Crippen LogP contribution is -2.31. The van der Waals surface area contributed by atoms with E-state index in [4.69, 9.17) is 0 Å². The predicted octanol–water partition coefficient (Wildman–Crippen LogP) is 0.616. The van der Waals surface area contributed by atoms with Gasteiger partial charge >= 0.3 is 0 Å². The number of carbonyl (C=O) groups excluding carboxylic acids is 1. The highest BCUT2D eigenvalue weighted by atomic mass is 32.2. The van der Waals surface area contributed by atoms with Crippen molar-refractivity contribution in [3.05, 3.63) is 11.6 Å². The summed E-state index contributed by atoms with van der Waals surface area (Å²) in [6.45, 7) is 0. The van der Waals surface area contributed by atoms with Crippen molar-refractivity contribution in [2.75, 3.05) is 0 Å². The summed E-state index contributed by atoms with van der Waals surface area (Å²) in [6.07, 6.45) is 1.64. The van der Waals surface area contributed by atoms with Crippen LogP contribution in [0.15, 0.2) is 11.6 Å². The Bertz CT molecular complexity index is 128. The SMILES string of the molecule is O=CC1(F)NC=CS1. The Kier molecular flexibility index (Phi) is 1.25. The Balaban J connectivity index is 2.58. The van der Waals surface area contributed by atoms with Crippen LogP contribution in [0.5, 0.6) is 0 Å². The smallest absolute Gasteiger partial charge is 0.287 e. The largest absolute Gasteiger partial charge is 0.345 e. The number of halogens is 1. The highest BCUT2D eigenvalue weighted by Crippen LogP contribution is 2.26. The molecule has 44 valence electrons. The number of hydrogen-bond donors (Lipinski definition) is 1. The molecule has 8 heavy (non-hydrogen) atoms. The summed E-state index contributed by atoms with van der Waals surface area (Å²) in [4.78, 5) is 9.83. The molecule has 0 radical (unpaired) electrons. The van der Waals surface area contributed by atoms with Crippen LogP contribution in [0.4, 0.5) is 4.39 Å². The summed E-state index contributed by atoms with van der Waals surface area (Å²) >= 11 is 0.818. The molecule has 2 nitrogen and oxygen atoms in total. The third-order valence-corrected chi connectivity index (χ3v) is 1.57. The maximum atomic E-state index is 12.5. The normalized spacial score (nSPS) is 34.6. The van der Waals surface area contributed by atoms with Crippen LogP contribution in [-0.4, -0.2) is 11.4 Å². The van der Waals surface area contributed by atoms with Crippen LogP contribution in [0.25, 0.3) is 0 Å². The fourth-order valence-corrected chi connectivity index (χ4v) is 0.902. The number of rotatable bonds is 1. The average Bonchev–Trinajstić information content (AvgIpc) is 2.17. The van der Waals surface area contributed by atoms with Crippen LogP contribution in [0, 0.1) is 0 Å². The molecule has 0 saturated heterocycles. The average molecular weight is 133 g/mol. The monoisotopic (exact) mass is 133 g/mol. The number of aldehydes is 1. The van der Waals surface area contributed by atoms with Crippen molar-refractivity contribution in [3.63, 3.8) is 0 Å². The van der Waals surface area contributed by atoms with Crippen molar-refractivity contribution in [2.45, 2.75) is 5.12 Å². The van der Waals surface area contributed by atoms with Crippen molar-refractivity contribution in [1.29, 1.82) is 0 Å². The van der Waals surface area contributed by atoms with E-state index in [0.717, 1.165) is 11.8 Å². The summed E-state index contributed by atoms with van der Waals surface area (Å²) in [5.74, 6) is 0. The van der Waals surface area contributed by atoms with Gasteiger partial charge in [-0.05, 0) is 5.41 Å². The number of nitrogens with one attached hydrogen (secondary N) is 1. The van der Waals surface area contributed by atoms with Gasteiger partial charge in [0.25, 0.3) is 5.12 Å². The molecule has 1 unspecified atom stereocenters. The molecule has 0 aromatic heterocycles. The first-order valence-electron chi connectivity index (χ1n) is 2.03. The Hall–Kier alpha value is -0.510. The predicted molar refractivity (Wildman–Crippen MR) is 29.8 cm³/mol. The van der Waals surface area contributed by atoms with E-state index in [9.17, 15) is 9.18 Å². The summed E-state index contributed by atoms with van der Waals surface area (Å²) in [6, 6.07) is 0. The molecule has 0 spiro atoms. The summed E-state index contributed by atoms with van der Waals surface area (Å²) < 4.78 is 12.5. The Morgan fingerprint density at radius 2 is 2.62 bits per heavy atom. The first-order chi connectivity index (χ1) is 3.77. The lowest BCUT2D eigenvalue weighted by molar-refractivity contribution is -0.114. The molecule has 1 rings (SSSR count). The Labute approximate surface area is 50.1 Å². The lowest BCUT2D eigenvalue weighted by atomic mass is 10.6. The van der Waals surface area contributed by atoms with Gasteiger partial charge in [0.15, 0.2) is 6.29 Å². The van der Waals surface area contributed by atoms with Gasteiger partial charge in [0.05, 0.1) is 0 Å². The molecule has 4 heteroatoms. The van der Waals surface area contributed by atoms with Gasteiger partial charge in [0.1, 0.15) is 0 Å². The fraction of sp³-hybridized carbons (Fsp3) is 0.250. The zero-order valence-corrected chi connectivity index (χ0v) is 4.74. The van der Waals surface area contributed by atoms with Crippen LogP contribution < -0.4 is 5.32 Å². The first-order valence-corrected chi connectivity index (χ1v) is 2.90. The minimum atomic E-state index is -1.89. The third kappa shape index (κ3) is 0.838. The first kappa shape index (κ1) is 5.62. The van der Waals surface area contributed by atoms with Crippen LogP contribution in [0.1, 0.15) is 0 Å². The van der Waals surface area contributed by atoms with Crippen LogP contribution >= 0.6 is 11.8 Å². The Morgan fingerprint density at radius 3 is 2.88 bits per heavy atom. The van der Waals surface area contributed by atoms with Crippen molar-refractivity contribution in [3.8, 4) is 0 Å². The molecule has 0 aliphatic carbocycles. The van der Waals surface area contributed by atoms with Crippen LogP contribution in [-0.2, 0) is 4.79 Å². The highest BCUT2D eigenvalue weighted by Gasteiger charge is 2.29. The quantitative estimate of drug-likeness (QED) is 0.420.